The van der Waals surface area contributed by atoms with Crippen LogP contribution in [-0.4, -0.2) is 6.10 Å². The number of ether oxygens (including phenoxy) is 1. The van der Waals surface area contributed by atoms with Crippen molar-refractivity contribution in [3.8, 4) is 5.75 Å². The molecule has 78 valence electrons. The van der Waals surface area contributed by atoms with Gasteiger partial charge in [0.05, 0.1) is 6.10 Å². The Morgan fingerprint density at radius 3 is 2.53 bits per heavy atom. The molecule has 0 unspecified atom stereocenters. The molecule has 1 saturated carbocycles. The summed E-state index contributed by atoms with van der Waals surface area (Å²) < 4.78 is 5.72. The van der Waals surface area contributed by atoms with Gasteiger partial charge in [0.15, 0.2) is 0 Å². The summed E-state index contributed by atoms with van der Waals surface area (Å²) in [6.45, 7) is 0. The van der Waals surface area contributed by atoms with E-state index in [0.717, 1.165) is 5.75 Å². The number of hydrogen-bond acceptors (Lipinski definition) is 1. The topological polar surface area (TPSA) is 9.23 Å². The van der Waals surface area contributed by atoms with Crippen LogP contribution in [0.15, 0.2) is 18.2 Å². The van der Waals surface area contributed by atoms with E-state index >= 15 is 0 Å². The summed E-state index contributed by atoms with van der Waals surface area (Å²) in [5, 5.41) is 0.707. The number of hydrogen-bond donors (Lipinski definition) is 0. The van der Waals surface area contributed by atoms with Crippen molar-refractivity contribution in [2.24, 2.45) is 0 Å². The molecule has 2 rings (SSSR count). The second-order valence-corrected chi connectivity index (χ2v) is 3.83. The van der Waals surface area contributed by atoms with Crippen LogP contribution in [0.5, 0.6) is 5.75 Å². The molecule has 0 atom stereocenters. The molecule has 0 radical (unpaired) electrons. The molecule has 0 saturated heterocycles. The van der Waals surface area contributed by atoms with E-state index in [2.05, 4.69) is 19.7 Å². The van der Waals surface area contributed by atoms with Crippen LogP contribution in [0.1, 0.15) is 25.7 Å². The van der Waals surface area contributed by atoms with E-state index < -0.39 is 0 Å². The van der Waals surface area contributed by atoms with Crippen molar-refractivity contribution in [3.05, 3.63) is 29.3 Å². The van der Waals surface area contributed by atoms with E-state index in [4.69, 9.17) is 16.3 Å². The molecule has 1 aromatic carbocycles. The molecule has 1 aliphatic carbocycles. The zero-order valence-corrected chi connectivity index (χ0v) is 13.8. The SMILES string of the molecule is Clc1c[c-]c(OC2CCCC2)cc1.[Zn+][Br]. The van der Waals surface area contributed by atoms with Crippen LogP contribution in [0.3, 0.4) is 0 Å². The fourth-order valence-corrected chi connectivity index (χ4v) is 1.77. The molecule has 15 heavy (non-hydrogen) atoms. The third-order valence-corrected chi connectivity index (χ3v) is 2.58. The van der Waals surface area contributed by atoms with E-state index in [-0.39, 0.29) is 0 Å². The van der Waals surface area contributed by atoms with Gasteiger partial charge in [-0.1, -0.05) is 5.02 Å². The van der Waals surface area contributed by atoms with Gasteiger partial charge in [-0.3, -0.25) is 0 Å². The Labute approximate surface area is 113 Å². The summed E-state index contributed by atoms with van der Waals surface area (Å²) >= 11 is 9.99. The monoisotopic (exact) mass is 338 g/mol. The van der Waals surface area contributed by atoms with Gasteiger partial charge in [0.1, 0.15) is 0 Å². The van der Waals surface area contributed by atoms with Gasteiger partial charge in [-0.05, 0) is 25.7 Å². The van der Waals surface area contributed by atoms with E-state index in [1.807, 2.05) is 12.1 Å². The molecular formula is C11H12BrClOZn. The van der Waals surface area contributed by atoms with E-state index in [0.29, 0.717) is 11.1 Å². The molecule has 1 nitrogen and oxygen atoms in total. The predicted molar refractivity (Wildman–Crippen MR) is 62.1 cm³/mol. The molecule has 0 aromatic heterocycles. The van der Waals surface area contributed by atoms with Crippen molar-refractivity contribution < 1.29 is 21.1 Å². The maximum atomic E-state index is 5.74. The Kier molecular flexibility index (Phi) is 6.87. The van der Waals surface area contributed by atoms with E-state index in [1.54, 1.807) is 6.07 Å². The Balaban J connectivity index is 0.000000531. The van der Waals surface area contributed by atoms with Crippen LogP contribution in [0, 0.1) is 6.07 Å². The van der Waals surface area contributed by atoms with Gasteiger partial charge in [-0.15, -0.1) is 12.1 Å². The van der Waals surface area contributed by atoms with Crippen LogP contribution in [0.2, 0.25) is 5.02 Å². The standard InChI is InChI=1S/C11H12ClO.BrH.Zn/c12-9-5-7-11(8-6-9)13-10-3-1-2-4-10;;/h5-7,10H,1-4H2;1H;/q-1;;+2/p-1. The quantitative estimate of drug-likeness (QED) is 0.576. The Morgan fingerprint density at radius 2 is 2.00 bits per heavy atom. The molecule has 0 amide bonds. The molecule has 1 fully saturated rings. The summed E-state index contributed by atoms with van der Waals surface area (Å²) in [7, 11) is 0. The Hall–Kier alpha value is 0.413. The van der Waals surface area contributed by atoms with Crippen molar-refractivity contribution in [2.75, 3.05) is 0 Å². The average Bonchev–Trinajstić information content (AvgIpc) is 2.77. The first kappa shape index (κ1) is 13.5. The second-order valence-electron chi connectivity index (χ2n) is 3.40. The Morgan fingerprint density at radius 1 is 1.33 bits per heavy atom. The van der Waals surface area contributed by atoms with Gasteiger partial charge in [0, 0.05) is 5.75 Å². The van der Waals surface area contributed by atoms with Crippen LogP contribution in [-0.2, 0) is 16.3 Å². The molecule has 4 heteroatoms. The first-order chi connectivity index (χ1) is 7.34. The summed E-state index contributed by atoms with van der Waals surface area (Å²) in [5.74, 6) is 0.816. The van der Waals surface area contributed by atoms with Crippen molar-refractivity contribution in [1.29, 1.82) is 0 Å². The molecule has 1 aliphatic rings. The van der Waals surface area contributed by atoms with Crippen LogP contribution in [0.4, 0.5) is 0 Å². The van der Waals surface area contributed by atoms with Crippen LogP contribution in [0.25, 0.3) is 0 Å². The first-order valence-corrected chi connectivity index (χ1v) is 12.3. The van der Waals surface area contributed by atoms with E-state index in [9.17, 15) is 0 Å². The molecule has 1 aromatic rings. The van der Waals surface area contributed by atoms with Gasteiger partial charge in [0.2, 0.25) is 0 Å². The van der Waals surface area contributed by atoms with Crippen molar-refractivity contribution >= 4 is 25.2 Å². The van der Waals surface area contributed by atoms with Crippen molar-refractivity contribution in [1.82, 2.24) is 0 Å². The van der Waals surface area contributed by atoms with Crippen LogP contribution >= 0.6 is 25.2 Å². The summed E-state index contributed by atoms with van der Waals surface area (Å²) in [4.78, 5) is 0. The van der Waals surface area contributed by atoms with Gasteiger partial charge < -0.3 is 4.74 Å². The Bertz CT molecular complexity index is 272. The molecule has 0 bridgehead atoms. The maximum absolute atomic E-state index is 5.74. The second kappa shape index (κ2) is 7.65. The average molecular weight is 341 g/mol. The van der Waals surface area contributed by atoms with Crippen LogP contribution < -0.4 is 4.74 Å². The summed E-state index contributed by atoms with van der Waals surface area (Å²) in [6.07, 6.45) is 5.33. The van der Waals surface area contributed by atoms with Gasteiger partial charge in [0.25, 0.3) is 0 Å². The molecule has 0 heterocycles. The fourth-order valence-electron chi connectivity index (χ4n) is 1.65. The molecule has 0 aliphatic heterocycles. The molecule has 0 spiro atoms. The normalized spacial score (nSPS) is 15.7. The van der Waals surface area contributed by atoms with Gasteiger partial charge >= 0.3 is 30.0 Å². The molecular weight excluding hydrogens is 329 g/mol. The number of halogens is 2. The minimum atomic E-state index is 0.400. The van der Waals surface area contributed by atoms with Crippen molar-refractivity contribution in [3.63, 3.8) is 0 Å². The van der Waals surface area contributed by atoms with Gasteiger partial charge in [-0.2, -0.15) is 23.7 Å². The predicted octanol–water partition coefficient (Wildman–Crippen LogP) is 4.30. The number of benzene rings is 1. The minimum absolute atomic E-state index is 0.400. The summed E-state index contributed by atoms with van der Waals surface area (Å²) in [6, 6.07) is 8.46. The van der Waals surface area contributed by atoms with Gasteiger partial charge in [-0.25, -0.2) is 0 Å². The molecule has 0 N–H and O–H groups in total. The zero-order valence-electron chi connectivity index (χ0n) is 8.51. The van der Waals surface area contributed by atoms with E-state index in [1.165, 1.54) is 42.0 Å². The van der Waals surface area contributed by atoms with Crippen molar-refractivity contribution in [2.45, 2.75) is 31.8 Å². The fraction of sp³-hybridized carbons (Fsp3) is 0.455. The zero-order chi connectivity index (χ0) is 11.1. The summed E-state index contributed by atoms with van der Waals surface area (Å²) in [5.41, 5.74) is 0. The first-order valence-electron chi connectivity index (χ1n) is 4.95. The number of rotatable bonds is 2. The third kappa shape index (κ3) is 4.84. The third-order valence-electron chi connectivity index (χ3n) is 2.34.